The maximum absolute atomic E-state index is 13.6. The molecule has 0 radical (unpaired) electrons. The number of rotatable bonds is 2. The average molecular weight is 287 g/mol. The van der Waals surface area contributed by atoms with Gasteiger partial charge in [0.25, 0.3) is 0 Å². The number of halogens is 4. The minimum atomic E-state index is -1.61. The summed E-state index contributed by atoms with van der Waals surface area (Å²) < 4.78 is 39.6. The quantitative estimate of drug-likeness (QED) is 0.822. The summed E-state index contributed by atoms with van der Waals surface area (Å²) in [6.07, 6.45) is -1.46. The van der Waals surface area contributed by atoms with Gasteiger partial charge in [0.15, 0.2) is 17.5 Å². The molecule has 1 N–H and O–H groups in total. The molecular weight excluding hydrogens is 277 g/mol. The summed E-state index contributed by atoms with van der Waals surface area (Å²) in [7, 11) is 0. The highest BCUT2D eigenvalue weighted by molar-refractivity contribution is 6.31. The van der Waals surface area contributed by atoms with Crippen LogP contribution < -0.4 is 0 Å². The van der Waals surface area contributed by atoms with E-state index < -0.39 is 23.6 Å². The normalized spacial score (nSPS) is 12.5. The number of hydrogen-bond acceptors (Lipinski definition) is 1. The van der Waals surface area contributed by atoms with E-state index in [1.165, 1.54) is 6.07 Å². The Balaban J connectivity index is 2.50. The number of aliphatic hydroxyl groups excluding tert-OH is 1. The van der Waals surface area contributed by atoms with Gasteiger partial charge in [0.1, 0.15) is 6.10 Å². The van der Waals surface area contributed by atoms with Gasteiger partial charge in [-0.15, -0.1) is 0 Å². The lowest BCUT2D eigenvalue weighted by Crippen LogP contribution is -2.06. The van der Waals surface area contributed by atoms with Crippen LogP contribution in [0, 0.1) is 24.4 Å². The molecule has 0 saturated carbocycles. The Morgan fingerprint density at radius 2 is 1.63 bits per heavy atom. The molecule has 2 aromatic carbocycles. The summed E-state index contributed by atoms with van der Waals surface area (Å²) in [5.74, 6) is -4.33. The fourth-order valence-corrected chi connectivity index (χ4v) is 2.11. The second-order valence-corrected chi connectivity index (χ2v) is 4.60. The van der Waals surface area contributed by atoms with E-state index in [4.69, 9.17) is 11.6 Å². The SMILES string of the molecule is Cc1ccc(C(O)c2ccc(F)c(F)c2F)c(Cl)c1. The maximum Gasteiger partial charge on any atom is 0.194 e. The van der Waals surface area contributed by atoms with E-state index in [2.05, 4.69) is 0 Å². The lowest BCUT2D eigenvalue weighted by atomic mass is 9.99. The average Bonchev–Trinajstić information content (AvgIpc) is 2.35. The van der Waals surface area contributed by atoms with Gasteiger partial charge in [-0.3, -0.25) is 0 Å². The highest BCUT2D eigenvalue weighted by Crippen LogP contribution is 2.31. The zero-order valence-corrected chi connectivity index (χ0v) is 10.7. The van der Waals surface area contributed by atoms with Crippen molar-refractivity contribution < 1.29 is 18.3 Å². The van der Waals surface area contributed by atoms with Crippen LogP contribution in [0.15, 0.2) is 30.3 Å². The van der Waals surface area contributed by atoms with Crippen molar-refractivity contribution >= 4 is 11.6 Å². The summed E-state index contributed by atoms with van der Waals surface area (Å²) in [6, 6.07) is 6.55. The first-order valence-corrected chi connectivity index (χ1v) is 5.87. The zero-order chi connectivity index (χ0) is 14.2. The fraction of sp³-hybridized carbons (Fsp3) is 0.143. The predicted octanol–water partition coefficient (Wildman–Crippen LogP) is 4.15. The van der Waals surface area contributed by atoms with Crippen molar-refractivity contribution in [2.45, 2.75) is 13.0 Å². The highest BCUT2D eigenvalue weighted by atomic mass is 35.5. The second kappa shape index (κ2) is 5.23. The van der Waals surface area contributed by atoms with E-state index >= 15 is 0 Å². The summed E-state index contributed by atoms with van der Waals surface area (Å²) in [4.78, 5) is 0. The molecule has 0 bridgehead atoms. The number of aliphatic hydroxyl groups is 1. The predicted molar refractivity (Wildman–Crippen MR) is 66.6 cm³/mol. The van der Waals surface area contributed by atoms with Gasteiger partial charge in [0, 0.05) is 16.1 Å². The Morgan fingerprint density at radius 1 is 1.00 bits per heavy atom. The standard InChI is InChI=1S/C14H10ClF3O/c1-7-2-3-8(10(15)6-7)14(19)9-4-5-11(16)13(18)12(9)17/h2-6,14,19H,1H3. The van der Waals surface area contributed by atoms with Crippen LogP contribution in [-0.2, 0) is 0 Å². The highest BCUT2D eigenvalue weighted by Gasteiger charge is 2.22. The molecule has 0 saturated heterocycles. The molecule has 0 aromatic heterocycles. The summed E-state index contributed by atoms with van der Waals surface area (Å²) >= 11 is 5.95. The molecule has 1 unspecified atom stereocenters. The minimum absolute atomic E-state index is 0.233. The summed E-state index contributed by atoms with van der Waals surface area (Å²) in [6.45, 7) is 1.81. The molecule has 19 heavy (non-hydrogen) atoms. The Labute approximate surface area is 113 Å². The molecule has 0 fully saturated rings. The molecule has 0 aliphatic carbocycles. The molecule has 0 aliphatic heterocycles. The van der Waals surface area contributed by atoms with E-state index in [1.807, 2.05) is 0 Å². The molecule has 100 valence electrons. The molecule has 1 nitrogen and oxygen atoms in total. The Bertz CT molecular complexity index is 628. The number of aryl methyl sites for hydroxylation is 1. The molecule has 0 amide bonds. The van der Waals surface area contributed by atoms with E-state index in [0.29, 0.717) is 0 Å². The molecular formula is C14H10ClF3O. The van der Waals surface area contributed by atoms with Gasteiger partial charge in [0.2, 0.25) is 0 Å². The van der Waals surface area contributed by atoms with Crippen LogP contribution in [0.1, 0.15) is 22.8 Å². The molecule has 1 atom stereocenters. The van der Waals surface area contributed by atoms with Crippen molar-refractivity contribution in [1.29, 1.82) is 0 Å². The van der Waals surface area contributed by atoms with Gasteiger partial charge < -0.3 is 5.11 Å². The zero-order valence-electron chi connectivity index (χ0n) is 9.92. The lowest BCUT2D eigenvalue weighted by molar-refractivity contribution is 0.212. The second-order valence-electron chi connectivity index (χ2n) is 4.19. The Hall–Kier alpha value is -1.52. The summed E-state index contributed by atoms with van der Waals surface area (Å²) in [5, 5.41) is 10.3. The topological polar surface area (TPSA) is 20.2 Å². The van der Waals surface area contributed by atoms with Gasteiger partial charge in [-0.2, -0.15) is 0 Å². The molecule has 0 aliphatic rings. The van der Waals surface area contributed by atoms with Gasteiger partial charge in [-0.05, 0) is 24.6 Å². The van der Waals surface area contributed by atoms with Crippen molar-refractivity contribution in [3.63, 3.8) is 0 Å². The largest absolute Gasteiger partial charge is 0.383 e. The van der Waals surface area contributed by atoms with E-state index in [9.17, 15) is 18.3 Å². The first-order valence-electron chi connectivity index (χ1n) is 5.49. The third-order valence-electron chi connectivity index (χ3n) is 2.81. The number of hydrogen-bond donors (Lipinski definition) is 1. The van der Waals surface area contributed by atoms with Crippen molar-refractivity contribution in [1.82, 2.24) is 0 Å². The van der Waals surface area contributed by atoms with Gasteiger partial charge in [0.05, 0.1) is 0 Å². The monoisotopic (exact) mass is 286 g/mol. The molecule has 2 aromatic rings. The van der Waals surface area contributed by atoms with Gasteiger partial charge in [-0.1, -0.05) is 29.8 Å². The molecule has 2 rings (SSSR count). The van der Waals surface area contributed by atoms with Crippen molar-refractivity contribution in [3.05, 3.63) is 69.5 Å². The van der Waals surface area contributed by atoms with Gasteiger partial charge in [-0.25, -0.2) is 13.2 Å². The fourth-order valence-electron chi connectivity index (χ4n) is 1.77. The first kappa shape index (κ1) is 13.9. The van der Waals surface area contributed by atoms with E-state index in [1.54, 1.807) is 19.1 Å². The van der Waals surface area contributed by atoms with E-state index in [0.717, 1.165) is 17.7 Å². The minimum Gasteiger partial charge on any atom is -0.383 e. The summed E-state index contributed by atoms with van der Waals surface area (Å²) in [5.41, 5.74) is 0.744. The van der Waals surface area contributed by atoms with Crippen LogP contribution in [0.5, 0.6) is 0 Å². The van der Waals surface area contributed by atoms with E-state index in [-0.39, 0.29) is 16.1 Å². The molecule has 5 heteroatoms. The van der Waals surface area contributed by atoms with Crippen molar-refractivity contribution in [3.8, 4) is 0 Å². The van der Waals surface area contributed by atoms with Crippen LogP contribution in [0.2, 0.25) is 5.02 Å². The smallest absolute Gasteiger partial charge is 0.194 e. The van der Waals surface area contributed by atoms with Crippen LogP contribution in [-0.4, -0.2) is 5.11 Å². The van der Waals surface area contributed by atoms with Crippen LogP contribution >= 0.6 is 11.6 Å². The van der Waals surface area contributed by atoms with Crippen LogP contribution in [0.4, 0.5) is 13.2 Å². The van der Waals surface area contributed by atoms with Crippen molar-refractivity contribution in [2.24, 2.45) is 0 Å². The molecule has 0 spiro atoms. The third kappa shape index (κ3) is 2.60. The van der Waals surface area contributed by atoms with Crippen molar-refractivity contribution in [2.75, 3.05) is 0 Å². The first-order chi connectivity index (χ1) is 8.91. The van der Waals surface area contributed by atoms with Crippen LogP contribution in [0.25, 0.3) is 0 Å². The Kier molecular flexibility index (Phi) is 3.83. The Morgan fingerprint density at radius 3 is 2.26 bits per heavy atom. The lowest BCUT2D eigenvalue weighted by Gasteiger charge is -2.15. The van der Waals surface area contributed by atoms with Gasteiger partial charge >= 0.3 is 0 Å². The third-order valence-corrected chi connectivity index (χ3v) is 3.14. The maximum atomic E-state index is 13.6. The molecule has 0 heterocycles. The number of benzene rings is 2. The van der Waals surface area contributed by atoms with Crippen LogP contribution in [0.3, 0.4) is 0 Å².